The van der Waals surface area contributed by atoms with Crippen LogP contribution in [0.1, 0.15) is 29.5 Å². The van der Waals surface area contributed by atoms with Gasteiger partial charge in [-0.1, -0.05) is 60.7 Å². The smallest absolute Gasteiger partial charge is 0.314 e. The number of aliphatic carboxylic acids is 1. The molecular weight excluding hydrogens is 439 g/mol. The molecule has 1 aliphatic heterocycles. The zero-order valence-corrected chi connectivity index (χ0v) is 18.5. The first-order valence-corrected chi connectivity index (χ1v) is 11.0. The zero-order chi connectivity index (χ0) is 24.1. The average Bonchev–Trinajstić information content (AvgIpc) is 2.85. The third-order valence-electron chi connectivity index (χ3n) is 6.31. The summed E-state index contributed by atoms with van der Waals surface area (Å²) in [5, 5.41) is 22.0. The van der Waals surface area contributed by atoms with Crippen molar-refractivity contribution in [2.24, 2.45) is 0 Å². The molecule has 0 aromatic heterocycles. The fourth-order valence-electron chi connectivity index (χ4n) is 4.51. The van der Waals surface area contributed by atoms with Crippen molar-refractivity contribution in [3.63, 3.8) is 0 Å². The molecule has 3 aromatic carbocycles. The molecule has 0 unspecified atom stereocenters. The highest BCUT2D eigenvalue weighted by Gasteiger charge is 2.45. The predicted octanol–water partition coefficient (Wildman–Crippen LogP) is 5.07. The Balaban J connectivity index is 1.88. The molecule has 1 N–H and O–H groups in total. The Morgan fingerprint density at radius 1 is 0.971 bits per heavy atom. The SMILES string of the molecule is O=C(O)C1(c2ccc([N+](=O)[O-])c(N(Cc3ccccc3)Cc3ccccc3)c2F)CCOCC1. The van der Waals surface area contributed by atoms with Gasteiger partial charge in [0.05, 0.1) is 10.3 Å². The summed E-state index contributed by atoms with van der Waals surface area (Å²) in [6.45, 7) is 0.770. The first kappa shape index (κ1) is 23.4. The monoisotopic (exact) mass is 464 g/mol. The standard InChI is InChI=1S/C26H25FN2O5/c27-23-21(26(25(30)31)13-15-34-16-14-26)11-12-22(29(32)33)24(23)28(17-19-7-3-1-4-8-19)18-20-9-5-2-6-10-20/h1-12H,13-18H2,(H,30,31). The molecule has 0 aliphatic carbocycles. The van der Waals surface area contributed by atoms with Gasteiger partial charge in [-0.2, -0.15) is 0 Å². The number of nitro groups is 1. The van der Waals surface area contributed by atoms with E-state index in [1.165, 1.54) is 12.1 Å². The van der Waals surface area contributed by atoms with Crippen LogP contribution in [0.25, 0.3) is 0 Å². The first-order chi connectivity index (χ1) is 16.4. The number of nitrogens with zero attached hydrogens (tertiary/aromatic N) is 2. The van der Waals surface area contributed by atoms with E-state index in [0.29, 0.717) is 0 Å². The van der Waals surface area contributed by atoms with Crippen LogP contribution in [0.15, 0.2) is 72.8 Å². The summed E-state index contributed by atoms with van der Waals surface area (Å²) in [7, 11) is 0. The van der Waals surface area contributed by atoms with Gasteiger partial charge in [-0.3, -0.25) is 14.9 Å². The molecule has 34 heavy (non-hydrogen) atoms. The quantitative estimate of drug-likeness (QED) is 0.369. The Labute approximate surface area is 196 Å². The van der Waals surface area contributed by atoms with E-state index >= 15 is 4.39 Å². The van der Waals surface area contributed by atoms with Gasteiger partial charge < -0.3 is 14.7 Å². The largest absolute Gasteiger partial charge is 0.481 e. The van der Waals surface area contributed by atoms with Gasteiger partial charge in [0, 0.05) is 37.9 Å². The third kappa shape index (κ3) is 4.63. The molecule has 176 valence electrons. The highest BCUT2D eigenvalue weighted by molar-refractivity contribution is 5.83. The number of hydrogen-bond donors (Lipinski definition) is 1. The molecule has 1 fully saturated rings. The molecule has 0 spiro atoms. The normalized spacial score (nSPS) is 15.0. The summed E-state index contributed by atoms with van der Waals surface area (Å²) in [5.74, 6) is -2.03. The molecular formula is C26H25FN2O5. The molecule has 1 saturated heterocycles. The lowest BCUT2D eigenvalue weighted by molar-refractivity contribution is -0.384. The van der Waals surface area contributed by atoms with Crippen LogP contribution in [0, 0.1) is 15.9 Å². The Morgan fingerprint density at radius 2 is 1.50 bits per heavy atom. The van der Waals surface area contributed by atoms with Crippen molar-refractivity contribution in [3.05, 3.63) is 105 Å². The molecule has 0 radical (unpaired) electrons. The van der Waals surface area contributed by atoms with Crippen LogP contribution in [0.4, 0.5) is 15.8 Å². The second kappa shape index (κ2) is 10.0. The van der Waals surface area contributed by atoms with Crippen molar-refractivity contribution in [1.29, 1.82) is 0 Å². The van der Waals surface area contributed by atoms with Gasteiger partial charge in [0.25, 0.3) is 5.69 Å². The van der Waals surface area contributed by atoms with Crippen LogP contribution in [0.2, 0.25) is 0 Å². The summed E-state index contributed by atoms with van der Waals surface area (Å²) in [6, 6.07) is 21.0. The van der Waals surface area contributed by atoms with Crippen molar-refractivity contribution < 1.29 is 24.0 Å². The molecule has 0 bridgehead atoms. The number of rotatable bonds is 8. The van der Waals surface area contributed by atoms with Crippen LogP contribution in [0.3, 0.4) is 0 Å². The van der Waals surface area contributed by atoms with Gasteiger partial charge >= 0.3 is 5.97 Å². The molecule has 0 amide bonds. The van der Waals surface area contributed by atoms with E-state index in [2.05, 4.69) is 0 Å². The van der Waals surface area contributed by atoms with Gasteiger partial charge in [-0.25, -0.2) is 4.39 Å². The second-order valence-electron chi connectivity index (χ2n) is 8.38. The maximum absolute atomic E-state index is 16.3. The molecule has 0 saturated carbocycles. The van der Waals surface area contributed by atoms with Crippen molar-refractivity contribution in [2.45, 2.75) is 31.3 Å². The number of anilines is 1. The van der Waals surface area contributed by atoms with Crippen LogP contribution < -0.4 is 4.90 Å². The fourth-order valence-corrected chi connectivity index (χ4v) is 4.51. The van der Waals surface area contributed by atoms with E-state index in [1.807, 2.05) is 60.7 Å². The van der Waals surface area contributed by atoms with Crippen LogP contribution >= 0.6 is 0 Å². The Hall–Kier alpha value is -3.78. The molecule has 8 heteroatoms. The Morgan fingerprint density at radius 3 is 1.97 bits per heavy atom. The predicted molar refractivity (Wildman–Crippen MR) is 125 cm³/mol. The van der Waals surface area contributed by atoms with Gasteiger partial charge in [-0.15, -0.1) is 0 Å². The first-order valence-electron chi connectivity index (χ1n) is 11.0. The molecule has 3 aromatic rings. The molecule has 1 heterocycles. The Bertz CT molecular complexity index is 1120. The Kier molecular flexibility index (Phi) is 6.88. The number of carboxylic acids is 1. The van der Waals surface area contributed by atoms with Crippen molar-refractivity contribution in [3.8, 4) is 0 Å². The minimum Gasteiger partial charge on any atom is -0.481 e. The summed E-state index contributed by atoms with van der Waals surface area (Å²) in [5.41, 5.74) is -0.469. The second-order valence-corrected chi connectivity index (χ2v) is 8.38. The van der Waals surface area contributed by atoms with Gasteiger partial charge in [0.1, 0.15) is 0 Å². The van der Waals surface area contributed by atoms with E-state index < -0.39 is 27.8 Å². The third-order valence-corrected chi connectivity index (χ3v) is 6.31. The minimum absolute atomic E-state index is 0.0463. The van der Waals surface area contributed by atoms with Crippen molar-refractivity contribution in [2.75, 3.05) is 18.1 Å². The summed E-state index contributed by atoms with van der Waals surface area (Å²) in [4.78, 5) is 25.3. The summed E-state index contributed by atoms with van der Waals surface area (Å²) < 4.78 is 21.6. The number of hydrogen-bond acceptors (Lipinski definition) is 5. The van der Waals surface area contributed by atoms with Gasteiger partial charge in [0.15, 0.2) is 11.5 Å². The lowest BCUT2D eigenvalue weighted by Gasteiger charge is -2.35. The average molecular weight is 464 g/mol. The number of nitro benzene ring substituents is 1. The van der Waals surface area contributed by atoms with E-state index in [9.17, 15) is 20.0 Å². The van der Waals surface area contributed by atoms with Crippen molar-refractivity contribution >= 4 is 17.3 Å². The topological polar surface area (TPSA) is 92.9 Å². The molecule has 1 aliphatic rings. The van der Waals surface area contributed by atoms with Crippen molar-refractivity contribution in [1.82, 2.24) is 0 Å². The number of carboxylic acid groups (broad SMARTS) is 1. The molecule has 0 atom stereocenters. The molecule has 7 nitrogen and oxygen atoms in total. The van der Waals surface area contributed by atoms with E-state index in [-0.39, 0.29) is 50.4 Å². The highest BCUT2D eigenvalue weighted by atomic mass is 19.1. The number of halogens is 1. The fraction of sp³-hybridized carbons (Fsp3) is 0.269. The highest BCUT2D eigenvalue weighted by Crippen LogP contribution is 2.43. The summed E-state index contributed by atoms with van der Waals surface area (Å²) in [6.07, 6.45) is 0.182. The van der Waals surface area contributed by atoms with Crippen LogP contribution in [0.5, 0.6) is 0 Å². The lowest BCUT2D eigenvalue weighted by atomic mass is 9.73. The maximum Gasteiger partial charge on any atom is 0.314 e. The lowest BCUT2D eigenvalue weighted by Crippen LogP contribution is -2.42. The van der Waals surface area contributed by atoms with Crippen LogP contribution in [-0.4, -0.2) is 29.2 Å². The van der Waals surface area contributed by atoms with E-state index in [1.54, 1.807) is 4.90 Å². The number of benzene rings is 3. The number of carbonyl (C=O) groups is 1. The number of ether oxygens (including phenoxy) is 1. The van der Waals surface area contributed by atoms with Crippen LogP contribution in [-0.2, 0) is 28.0 Å². The van der Waals surface area contributed by atoms with E-state index in [4.69, 9.17) is 4.74 Å². The van der Waals surface area contributed by atoms with E-state index in [0.717, 1.165) is 11.1 Å². The van der Waals surface area contributed by atoms with Gasteiger partial charge in [0.2, 0.25) is 0 Å². The zero-order valence-electron chi connectivity index (χ0n) is 18.5. The maximum atomic E-state index is 16.3. The molecule has 4 rings (SSSR count). The minimum atomic E-state index is -1.50. The van der Waals surface area contributed by atoms with Gasteiger partial charge in [-0.05, 0) is 30.0 Å². The summed E-state index contributed by atoms with van der Waals surface area (Å²) >= 11 is 0.